The third-order valence-electron chi connectivity index (χ3n) is 1.77. The summed E-state index contributed by atoms with van der Waals surface area (Å²) < 4.78 is 0. The highest BCUT2D eigenvalue weighted by Gasteiger charge is 2.11. The van der Waals surface area contributed by atoms with Crippen LogP contribution in [0.25, 0.3) is 0 Å². The van der Waals surface area contributed by atoms with E-state index in [0.29, 0.717) is 12.3 Å². The Morgan fingerprint density at radius 3 is 3.00 bits per heavy atom. The number of ketones is 1. The van der Waals surface area contributed by atoms with Crippen molar-refractivity contribution in [1.29, 1.82) is 0 Å². The summed E-state index contributed by atoms with van der Waals surface area (Å²) in [5.74, 6) is 0.303. The van der Waals surface area contributed by atoms with Crippen molar-refractivity contribution >= 4 is 5.78 Å². The lowest BCUT2D eigenvalue weighted by atomic mass is 9.96. The van der Waals surface area contributed by atoms with Crippen molar-refractivity contribution in [3.8, 4) is 0 Å². The van der Waals surface area contributed by atoms with Gasteiger partial charge in [0.05, 0.1) is 0 Å². The van der Waals surface area contributed by atoms with E-state index in [0.717, 1.165) is 31.3 Å². The number of allylic oxidation sites excluding steroid dienone is 1. The lowest BCUT2D eigenvalue weighted by Crippen LogP contribution is -2.11. The first kappa shape index (κ1) is 7.48. The summed E-state index contributed by atoms with van der Waals surface area (Å²) in [5, 5.41) is 0. The van der Waals surface area contributed by atoms with Gasteiger partial charge in [0, 0.05) is 6.42 Å². The summed E-state index contributed by atoms with van der Waals surface area (Å²) in [7, 11) is 0. The van der Waals surface area contributed by atoms with E-state index < -0.39 is 0 Å². The molecule has 2 nitrogen and oxygen atoms in total. The lowest BCUT2D eigenvalue weighted by Gasteiger charge is -2.09. The molecule has 1 aliphatic carbocycles. The Morgan fingerprint density at radius 1 is 1.60 bits per heavy atom. The highest BCUT2D eigenvalue weighted by Crippen LogP contribution is 2.15. The number of rotatable bonds is 2. The maximum absolute atomic E-state index is 11.1. The van der Waals surface area contributed by atoms with Crippen LogP contribution in [-0.4, -0.2) is 12.3 Å². The first-order valence-electron chi connectivity index (χ1n) is 3.77. The van der Waals surface area contributed by atoms with Crippen LogP contribution in [0.1, 0.15) is 25.7 Å². The molecule has 1 rings (SSSR count). The molecule has 0 aromatic carbocycles. The number of carbonyl (C=O) groups is 1. The predicted molar refractivity (Wildman–Crippen MR) is 40.6 cm³/mol. The fraction of sp³-hybridized carbons (Fsp3) is 0.625. The highest BCUT2D eigenvalue weighted by molar-refractivity contribution is 5.95. The molecule has 2 N–H and O–H groups in total. The molecule has 0 heterocycles. The minimum Gasteiger partial charge on any atom is -0.330 e. The van der Waals surface area contributed by atoms with Gasteiger partial charge >= 0.3 is 0 Å². The molecule has 0 unspecified atom stereocenters. The minimum atomic E-state index is 0.303. The summed E-state index contributed by atoms with van der Waals surface area (Å²) in [5.41, 5.74) is 6.28. The molecule has 0 saturated carbocycles. The molecular weight excluding hydrogens is 126 g/mol. The summed E-state index contributed by atoms with van der Waals surface area (Å²) in [6, 6.07) is 0. The van der Waals surface area contributed by atoms with E-state index in [-0.39, 0.29) is 0 Å². The first-order chi connectivity index (χ1) is 4.84. The highest BCUT2D eigenvalue weighted by atomic mass is 16.1. The third kappa shape index (κ3) is 1.67. The van der Waals surface area contributed by atoms with E-state index in [1.165, 1.54) is 0 Å². The first-order valence-corrected chi connectivity index (χ1v) is 3.77. The Hall–Kier alpha value is -0.630. The zero-order valence-electron chi connectivity index (χ0n) is 6.10. The van der Waals surface area contributed by atoms with Crippen LogP contribution in [0.2, 0.25) is 0 Å². The van der Waals surface area contributed by atoms with Crippen LogP contribution in [0.15, 0.2) is 11.6 Å². The van der Waals surface area contributed by atoms with Gasteiger partial charge in [0.1, 0.15) is 0 Å². The van der Waals surface area contributed by atoms with Gasteiger partial charge in [0.2, 0.25) is 0 Å². The molecule has 0 saturated heterocycles. The van der Waals surface area contributed by atoms with Crippen LogP contribution in [0.3, 0.4) is 0 Å². The van der Waals surface area contributed by atoms with Gasteiger partial charge in [-0.2, -0.15) is 0 Å². The monoisotopic (exact) mass is 139 g/mol. The molecule has 0 aromatic heterocycles. The van der Waals surface area contributed by atoms with E-state index in [4.69, 9.17) is 5.73 Å². The van der Waals surface area contributed by atoms with Crippen molar-refractivity contribution in [3.63, 3.8) is 0 Å². The fourth-order valence-electron chi connectivity index (χ4n) is 1.21. The Kier molecular flexibility index (Phi) is 2.63. The number of hydrogen-bond acceptors (Lipinski definition) is 2. The van der Waals surface area contributed by atoms with Gasteiger partial charge in [-0.25, -0.2) is 0 Å². The Labute approximate surface area is 61.1 Å². The van der Waals surface area contributed by atoms with Crippen molar-refractivity contribution in [2.24, 2.45) is 5.73 Å². The molecule has 1 aliphatic rings. The molecule has 0 fully saturated rings. The standard InChI is InChI=1S/C8H13NO/c9-6-5-7-3-1-2-4-8(7)10/h3H,1-2,4-6,9H2. The second-order valence-corrected chi connectivity index (χ2v) is 2.58. The van der Waals surface area contributed by atoms with Crippen LogP contribution in [0.4, 0.5) is 0 Å². The van der Waals surface area contributed by atoms with E-state index in [1.54, 1.807) is 0 Å². The second kappa shape index (κ2) is 3.52. The fourth-order valence-corrected chi connectivity index (χ4v) is 1.21. The van der Waals surface area contributed by atoms with Crippen molar-refractivity contribution < 1.29 is 4.79 Å². The van der Waals surface area contributed by atoms with Crippen LogP contribution in [0.5, 0.6) is 0 Å². The maximum Gasteiger partial charge on any atom is 0.158 e. The van der Waals surface area contributed by atoms with Crippen molar-refractivity contribution in [3.05, 3.63) is 11.6 Å². The lowest BCUT2D eigenvalue weighted by molar-refractivity contribution is -0.116. The molecule has 2 heteroatoms. The summed E-state index contributed by atoms with van der Waals surface area (Å²) in [6.07, 6.45) is 5.59. The van der Waals surface area contributed by atoms with Crippen molar-refractivity contribution in [2.75, 3.05) is 6.54 Å². The molecule has 56 valence electrons. The number of nitrogens with two attached hydrogens (primary N) is 1. The molecule has 0 amide bonds. The van der Waals surface area contributed by atoms with E-state index in [1.807, 2.05) is 6.08 Å². The molecule has 0 spiro atoms. The molecule has 0 radical (unpaired) electrons. The van der Waals surface area contributed by atoms with Crippen molar-refractivity contribution in [2.45, 2.75) is 25.7 Å². The molecule has 0 atom stereocenters. The quantitative estimate of drug-likeness (QED) is 0.620. The van der Waals surface area contributed by atoms with Gasteiger partial charge in [-0.3, -0.25) is 4.79 Å². The molecule has 0 aromatic rings. The average molecular weight is 139 g/mol. The van der Waals surface area contributed by atoms with E-state index >= 15 is 0 Å². The number of hydrogen-bond donors (Lipinski definition) is 1. The Morgan fingerprint density at radius 2 is 2.40 bits per heavy atom. The zero-order valence-corrected chi connectivity index (χ0v) is 6.10. The van der Waals surface area contributed by atoms with Crippen molar-refractivity contribution in [1.82, 2.24) is 0 Å². The van der Waals surface area contributed by atoms with Gasteiger partial charge in [-0.05, 0) is 31.4 Å². The van der Waals surface area contributed by atoms with Crippen LogP contribution in [-0.2, 0) is 4.79 Å². The second-order valence-electron chi connectivity index (χ2n) is 2.58. The summed E-state index contributed by atoms with van der Waals surface area (Å²) in [4.78, 5) is 11.1. The largest absolute Gasteiger partial charge is 0.330 e. The SMILES string of the molecule is NCCC1=CCCCC1=O. The Bertz CT molecular complexity index is 161. The average Bonchev–Trinajstić information content (AvgIpc) is 1.94. The van der Waals surface area contributed by atoms with Crippen LogP contribution >= 0.6 is 0 Å². The third-order valence-corrected chi connectivity index (χ3v) is 1.77. The minimum absolute atomic E-state index is 0.303. The van der Waals surface area contributed by atoms with Gasteiger partial charge in [0.25, 0.3) is 0 Å². The number of Topliss-reactive ketones (excluding diaryl/α,β-unsaturated/α-hetero) is 1. The smallest absolute Gasteiger partial charge is 0.158 e. The van der Waals surface area contributed by atoms with Gasteiger partial charge in [0.15, 0.2) is 5.78 Å². The molecular formula is C8H13NO. The van der Waals surface area contributed by atoms with Crippen LogP contribution < -0.4 is 5.73 Å². The molecule has 10 heavy (non-hydrogen) atoms. The topological polar surface area (TPSA) is 43.1 Å². The van der Waals surface area contributed by atoms with E-state index in [2.05, 4.69) is 0 Å². The summed E-state index contributed by atoms with van der Waals surface area (Å²) in [6.45, 7) is 0.595. The van der Waals surface area contributed by atoms with Gasteiger partial charge < -0.3 is 5.73 Å². The zero-order chi connectivity index (χ0) is 7.40. The molecule has 0 aliphatic heterocycles. The predicted octanol–water partition coefficient (Wildman–Crippen LogP) is 1.01. The van der Waals surface area contributed by atoms with Gasteiger partial charge in [-0.1, -0.05) is 6.08 Å². The summed E-state index contributed by atoms with van der Waals surface area (Å²) >= 11 is 0. The Balaban J connectivity index is 2.53. The van der Waals surface area contributed by atoms with Gasteiger partial charge in [-0.15, -0.1) is 0 Å². The number of carbonyl (C=O) groups excluding carboxylic acids is 1. The maximum atomic E-state index is 11.1. The normalized spacial score (nSPS) is 18.9. The molecule has 0 bridgehead atoms. The van der Waals surface area contributed by atoms with E-state index in [9.17, 15) is 4.79 Å². The van der Waals surface area contributed by atoms with Crippen LogP contribution in [0, 0.1) is 0 Å².